The number of carbonyl (C=O) groups is 1. The molecule has 0 heterocycles. The number of Topliss-reactive ketones (excluding diaryl/α,β-unsaturated/α-hetero) is 1. The molecule has 0 bridgehead atoms. The Kier molecular flexibility index (Phi) is 4.12. The van der Waals surface area contributed by atoms with Gasteiger partial charge in [-0.1, -0.05) is 54.6 Å². The van der Waals surface area contributed by atoms with Crippen LogP contribution in [0.4, 0.5) is 13.2 Å². The van der Waals surface area contributed by atoms with E-state index in [9.17, 15) is 18.0 Å². The quantitative estimate of drug-likeness (QED) is 0.469. The summed E-state index contributed by atoms with van der Waals surface area (Å²) in [6, 6.07) is 17.8. The summed E-state index contributed by atoms with van der Waals surface area (Å²) < 4.78 is 40.4. The van der Waals surface area contributed by atoms with Gasteiger partial charge in [0, 0.05) is 12.0 Å². The topological polar surface area (TPSA) is 17.1 Å². The summed E-state index contributed by atoms with van der Waals surface area (Å²) in [5.41, 5.74) is 5.73. The molecule has 3 aromatic carbocycles. The van der Waals surface area contributed by atoms with Crippen LogP contribution in [0.5, 0.6) is 0 Å². The van der Waals surface area contributed by atoms with E-state index in [0.29, 0.717) is 31.2 Å². The van der Waals surface area contributed by atoms with Gasteiger partial charge < -0.3 is 0 Å². The van der Waals surface area contributed by atoms with E-state index in [4.69, 9.17) is 0 Å². The maximum atomic E-state index is 13.5. The highest BCUT2D eigenvalue weighted by Crippen LogP contribution is 2.43. The fourth-order valence-electron chi connectivity index (χ4n) is 4.97. The number of hydrogen-bond donors (Lipinski definition) is 0. The molecule has 4 heteroatoms. The predicted octanol–water partition coefficient (Wildman–Crippen LogP) is 6.38. The highest BCUT2D eigenvalue weighted by atomic mass is 19.4. The van der Waals surface area contributed by atoms with Crippen molar-refractivity contribution in [2.24, 2.45) is 0 Å². The zero-order valence-electron chi connectivity index (χ0n) is 15.7. The van der Waals surface area contributed by atoms with Crippen molar-refractivity contribution in [2.75, 3.05) is 0 Å². The molecule has 3 aromatic rings. The minimum atomic E-state index is -4.35. The first-order valence-corrected chi connectivity index (χ1v) is 9.86. The molecule has 0 saturated heterocycles. The van der Waals surface area contributed by atoms with Crippen LogP contribution in [0.25, 0.3) is 11.1 Å². The van der Waals surface area contributed by atoms with Gasteiger partial charge in [0.2, 0.25) is 0 Å². The lowest BCUT2D eigenvalue weighted by Gasteiger charge is -2.31. The lowest BCUT2D eigenvalue weighted by Crippen LogP contribution is -2.22. The van der Waals surface area contributed by atoms with E-state index >= 15 is 0 Å². The maximum Gasteiger partial charge on any atom is 0.416 e. The van der Waals surface area contributed by atoms with E-state index in [-0.39, 0.29) is 11.7 Å². The average Bonchev–Trinajstić information content (AvgIpc) is 2.72. The van der Waals surface area contributed by atoms with Gasteiger partial charge >= 0.3 is 6.18 Å². The Hall–Kier alpha value is -2.88. The lowest BCUT2D eigenvalue weighted by atomic mass is 9.73. The SMILES string of the molecule is O=C1Cc2ccccc2-c2ccc3c(c21)CCC(c1ccccc1C(F)(F)F)C3. The maximum absolute atomic E-state index is 13.5. The average molecular weight is 392 g/mol. The van der Waals surface area contributed by atoms with Crippen molar-refractivity contribution in [2.45, 2.75) is 37.8 Å². The van der Waals surface area contributed by atoms with Gasteiger partial charge in [-0.25, -0.2) is 0 Å². The first-order chi connectivity index (χ1) is 13.9. The molecule has 1 nitrogen and oxygen atoms in total. The molecule has 2 aliphatic carbocycles. The summed E-state index contributed by atoms with van der Waals surface area (Å²) in [4.78, 5) is 12.9. The molecule has 1 atom stereocenters. The Bertz CT molecular complexity index is 1130. The number of halogens is 3. The van der Waals surface area contributed by atoms with Crippen molar-refractivity contribution < 1.29 is 18.0 Å². The van der Waals surface area contributed by atoms with Crippen LogP contribution in [-0.2, 0) is 25.4 Å². The molecule has 0 N–H and O–H groups in total. The second-order valence-electron chi connectivity index (χ2n) is 7.91. The molecule has 0 aromatic heterocycles. The van der Waals surface area contributed by atoms with E-state index in [0.717, 1.165) is 39.4 Å². The number of carbonyl (C=O) groups excluding carboxylic acids is 1. The van der Waals surface area contributed by atoms with Crippen LogP contribution in [0, 0.1) is 0 Å². The van der Waals surface area contributed by atoms with Crippen LogP contribution in [-0.4, -0.2) is 5.78 Å². The largest absolute Gasteiger partial charge is 0.416 e. The van der Waals surface area contributed by atoms with Gasteiger partial charge in [-0.05, 0) is 64.6 Å². The summed E-state index contributed by atoms with van der Waals surface area (Å²) in [6.45, 7) is 0. The van der Waals surface area contributed by atoms with Crippen LogP contribution >= 0.6 is 0 Å². The minimum absolute atomic E-state index is 0.115. The van der Waals surface area contributed by atoms with Gasteiger partial charge in [0.05, 0.1) is 5.56 Å². The summed E-state index contributed by atoms with van der Waals surface area (Å²) >= 11 is 0. The van der Waals surface area contributed by atoms with Crippen LogP contribution in [0.15, 0.2) is 60.7 Å². The molecule has 0 radical (unpaired) electrons. The van der Waals surface area contributed by atoms with E-state index in [1.165, 1.54) is 6.07 Å². The van der Waals surface area contributed by atoms with E-state index in [1.807, 2.05) is 36.4 Å². The Morgan fingerprint density at radius 3 is 2.41 bits per heavy atom. The van der Waals surface area contributed by atoms with Crippen molar-refractivity contribution in [1.82, 2.24) is 0 Å². The third-order valence-corrected chi connectivity index (χ3v) is 6.26. The number of rotatable bonds is 1. The number of benzene rings is 3. The fourth-order valence-corrected chi connectivity index (χ4v) is 4.97. The Labute approximate surface area is 167 Å². The third-order valence-electron chi connectivity index (χ3n) is 6.26. The third kappa shape index (κ3) is 2.98. The second kappa shape index (κ2) is 6.58. The summed E-state index contributed by atoms with van der Waals surface area (Å²) in [5, 5.41) is 0. The van der Waals surface area contributed by atoms with Gasteiger partial charge in [0.15, 0.2) is 5.78 Å². The molecule has 0 spiro atoms. The molecule has 1 unspecified atom stereocenters. The fraction of sp³-hybridized carbons (Fsp3) is 0.240. The Balaban J connectivity index is 1.57. The standard InChI is InChI=1S/C25H19F3O/c26-25(27,28)22-8-4-3-7-19(22)16-9-11-20-17(13-16)10-12-21-18-6-2-1-5-15(18)14-23(29)24(20)21/h1-8,10,12,16H,9,11,13-14H2. The molecule has 0 saturated carbocycles. The van der Waals surface area contributed by atoms with Gasteiger partial charge in [0.25, 0.3) is 0 Å². The highest BCUT2D eigenvalue weighted by Gasteiger charge is 2.36. The molecule has 2 aliphatic rings. The molecular weight excluding hydrogens is 373 g/mol. The van der Waals surface area contributed by atoms with Crippen LogP contribution in [0.3, 0.4) is 0 Å². The second-order valence-corrected chi connectivity index (χ2v) is 7.91. The molecular formula is C25H19F3O. The van der Waals surface area contributed by atoms with Crippen LogP contribution in [0.2, 0.25) is 0 Å². The first-order valence-electron chi connectivity index (χ1n) is 9.86. The van der Waals surface area contributed by atoms with Crippen molar-refractivity contribution in [3.8, 4) is 11.1 Å². The molecule has 0 fully saturated rings. The molecule has 146 valence electrons. The smallest absolute Gasteiger partial charge is 0.294 e. The number of fused-ring (bicyclic) bond motifs is 5. The van der Waals surface area contributed by atoms with Gasteiger partial charge in [-0.2, -0.15) is 13.2 Å². The summed E-state index contributed by atoms with van der Waals surface area (Å²) in [7, 11) is 0. The highest BCUT2D eigenvalue weighted by molar-refractivity contribution is 6.08. The molecule has 29 heavy (non-hydrogen) atoms. The van der Waals surface area contributed by atoms with E-state index in [2.05, 4.69) is 0 Å². The number of ketones is 1. The summed E-state index contributed by atoms with van der Waals surface area (Å²) in [5.74, 6) is -0.0750. The molecule has 0 aliphatic heterocycles. The van der Waals surface area contributed by atoms with Crippen molar-refractivity contribution in [3.63, 3.8) is 0 Å². The Morgan fingerprint density at radius 1 is 0.828 bits per heavy atom. The van der Waals surface area contributed by atoms with Crippen LogP contribution < -0.4 is 0 Å². The minimum Gasteiger partial charge on any atom is -0.294 e. The van der Waals surface area contributed by atoms with Crippen molar-refractivity contribution in [3.05, 3.63) is 94.0 Å². The zero-order valence-corrected chi connectivity index (χ0v) is 15.7. The Morgan fingerprint density at radius 2 is 1.59 bits per heavy atom. The zero-order chi connectivity index (χ0) is 20.2. The van der Waals surface area contributed by atoms with Crippen molar-refractivity contribution >= 4 is 5.78 Å². The van der Waals surface area contributed by atoms with E-state index < -0.39 is 11.7 Å². The van der Waals surface area contributed by atoms with E-state index in [1.54, 1.807) is 12.1 Å². The monoisotopic (exact) mass is 392 g/mol. The van der Waals surface area contributed by atoms with Crippen molar-refractivity contribution in [1.29, 1.82) is 0 Å². The first kappa shape index (κ1) is 18.2. The lowest BCUT2D eigenvalue weighted by molar-refractivity contribution is -0.138. The van der Waals surface area contributed by atoms with Gasteiger partial charge in [0.1, 0.15) is 0 Å². The summed E-state index contributed by atoms with van der Waals surface area (Å²) in [6.07, 6.45) is -2.19. The van der Waals surface area contributed by atoms with Gasteiger partial charge in [-0.3, -0.25) is 4.79 Å². The predicted molar refractivity (Wildman–Crippen MR) is 106 cm³/mol. The molecule has 5 rings (SSSR count). The number of hydrogen-bond acceptors (Lipinski definition) is 1. The normalized spacial score (nSPS) is 18.0. The number of alkyl halides is 3. The molecule has 0 amide bonds. The van der Waals surface area contributed by atoms with Gasteiger partial charge in [-0.15, -0.1) is 0 Å². The van der Waals surface area contributed by atoms with Crippen LogP contribution in [0.1, 0.15) is 50.5 Å².